The molecule has 7 heteroatoms. The Morgan fingerprint density at radius 2 is 2.15 bits per heavy atom. The third-order valence-electron chi connectivity index (χ3n) is 4.46. The van der Waals surface area contributed by atoms with Crippen molar-refractivity contribution < 1.29 is 24.5 Å². The van der Waals surface area contributed by atoms with Gasteiger partial charge in [-0.15, -0.1) is 0 Å². The number of carbonyl (C=O) groups is 1. The predicted octanol–water partition coefficient (Wildman–Crippen LogP) is 1.62. The van der Waals surface area contributed by atoms with Crippen LogP contribution in [0.5, 0.6) is 5.75 Å². The van der Waals surface area contributed by atoms with Crippen molar-refractivity contribution in [2.75, 3.05) is 19.8 Å². The van der Waals surface area contributed by atoms with Gasteiger partial charge in [-0.25, -0.2) is 4.79 Å². The monoisotopic (exact) mass is 366 g/mol. The molecule has 0 bridgehead atoms. The Morgan fingerprint density at radius 3 is 2.77 bits per heavy atom. The Balaban J connectivity index is 1.97. The largest absolute Gasteiger partial charge is 0.493 e. The molecule has 1 saturated carbocycles. The van der Waals surface area contributed by atoms with Crippen LogP contribution in [0, 0.1) is 11.8 Å². The summed E-state index contributed by atoms with van der Waals surface area (Å²) < 4.78 is 11.1. The highest BCUT2D eigenvalue weighted by molar-refractivity contribution is 5.78. The van der Waals surface area contributed by atoms with Gasteiger partial charge in [0.05, 0.1) is 19.3 Å². The zero-order chi connectivity index (χ0) is 19.2. The van der Waals surface area contributed by atoms with Gasteiger partial charge in [-0.2, -0.15) is 0 Å². The smallest absolute Gasteiger partial charge is 0.337 e. The van der Waals surface area contributed by atoms with Crippen LogP contribution in [0.4, 0.5) is 0 Å². The number of aromatic nitrogens is 1. The number of hydrogen-bond acceptors (Lipinski definition) is 6. The standard InChI is InChI=1S/C19H30N2O5/c1-13(2)11-25-12-17(20)19(24,18(22)23)10-15-9-16(5-7-21-15)26-8-6-14-3-4-14/h5,7,9,13-14,17,24H,3-4,6,8,10-12,20H2,1-2H3,(H,22,23). The highest BCUT2D eigenvalue weighted by Crippen LogP contribution is 2.32. The molecular formula is C19H30N2O5. The van der Waals surface area contributed by atoms with E-state index in [1.807, 2.05) is 13.8 Å². The van der Waals surface area contributed by atoms with Crippen LogP contribution in [0.2, 0.25) is 0 Å². The fourth-order valence-corrected chi connectivity index (χ4v) is 2.60. The topological polar surface area (TPSA) is 115 Å². The molecule has 2 unspecified atom stereocenters. The molecule has 1 fully saturated rings. The molecule has 1 aliphatic carbocycles. The van der Waals surface area contributed by atoms with Crippen molar-refractivity contribution in [1.29, 1.82) is 0 Å². The molecule has 1 aliphatic rings. The van der Waals surface area contributed by atoms with Crippen molar-refractivity contribution in [1.82, 2.24) is 4.98 Å². The number of pyridine rings is 1. The lowest BCUT2D eigenvalue weighted by Crippen LogP contribution is -2.57. The summed E-state index contributed by atoms with van der Waals surface area (Å²) in [6, 6.07) is 2.31. The molecule has 4 N–H and O–H groups in total. The summed E-state index contributed by atoms with van der Waals surface area (Å²) in [7, 11) is 0. The van der Waals surface area contributed by atoms with Gasteiger partial charge in [0.2, 0.25) is 0 Å². The van der Waals surface area contributed by atoms with Gasteiger partial charge in [0.1, 0.15) is 5.75 Å². The molecule has 1 aromatic rings. The van der Waals surface area contributed by atoms with E-state index in [1.54, 1.807) is 18.3 Å². The van der Waals surface area contributed by atoms with Gasteiger partial charge in [-0.05, 0) is 24.3 Å². The van der Waals surface area contributed by atoms with Crippen LogP contribution in [0.15, 0.2) is 18.3 Å². The first-order valence-corrected chi connectivity index (χ1v) is 9.18. The molecule has 0 aromatic carbocycles. The maximum atomic E-state index is 11.7. The third kappa shape index (κ3) is 6.23. The zero-order valence-electron chi connectivity index (χ0n) is 15.6. The minimum absolute atomic E-state index is 0.0431. The number of nitrogens with two attached hydrogens (primary N) is 1. The number of carboxylic acid groups (broad SMARTS) is 1. The van der Waals surface area contributed by atoms with E-state index in [0.717, 1.165) is 12.3 Å². The summed E-state index contributed by atoms with van der Waals surface area (Å²) >= 11 is 0. The van der Waals surface area contributed by atoms with Gasteiger partial charge in [-0.1, -0.05) is 26.7 Å². The Bertz CT molecular complexity index is 591. The minimum Gasteiger partial charge on any atom is -0.493 e. The molecule has 26 heavy (non-hydrogen) atoms. The molecule has 2 atom stereocenters. The summed E-state index contributed by atoms with van der Waals surface area (Å²) in [5.41, 5.74) is 4.19. The summed E-state index contributed by atoms with van der Waals surface area (Å²) in [6.45, 7) is 4.99. The lowest BCUT2D eigenvalue weighted by molar-refractivity contribution is -0.162. The van der Waals surface area contributed by atoms with E-state index < -0.39 is 17.6 Å². The average Bonchev–Trinajstić information content (AvgIpc) is 3.38. The van der Waals surface area contributed by atoms with Gasteiger partial charge < -0.3 is 25.4 Å². The quantitative estimate of drug-likeness (QED) is 0.515. The van der Waals surface area contributed by atoms with Crippen molar-refractivity contribution in [2.45, 2.75) is 51.2 Å². The molecule has 7 nitrogen and oxygen atoms in total. The van der Waals surface area contributed by atoms with E-state index >= 15 is 0 Å². The number of rotatable bonds is 12. The third-order valence-corrected chi connectivity index (χ3v) is 4.46. The number of nitrogens with zero attached hydrogens (tertiary/aromatic N) is 1. The maximum Gasteiger partial charge on any atom is 0.337 e. The molecule has 0 aliphatic heterocycles. The SMILES string of the molecule is CC(C)COCC(N)C(O)(Cc1cc(OCCC2CC2)ccn1)C(=O)O. The summed E-state index contributed by atoms with van der Waals surface area (Å²) in [4.78, 5) is 15.8. The first-order chi connectivity index (χ1) is 12.3. The molecular weight excluding hydrogens is 336 g/mol. The number of aliphatic hydroxyl groups is 1. The van der Waals surface area contributed by atoms with E-state index in [-0.39, 0.29) is 13.0 Å². The normalized spacial score (nSPS) is 17.7. The Morgan fingerprint density at radius 1 is 1.42 bits per heavy atom. The lowest BCUT2D eigenvalue weighted by atomic mass is 9.89. The van der Waals surface area contributed by atoms with Crippen molar-refractivity contribution in [3.05, 3.63) is 24.0 Å². The number of aliphatic carboxylic acids is 1. The average molecular weight is 366 g/mol. The fraction of sp³-hybridized carbons (Fsp3) is 0.684. The summed E-state index contributed by atoms with van der Waals surface area (Å²) in [5.74, 6) is 0.302. The van der Waals surface area contributed by atoms with Crippen LogP contribution in [0.1, 0.15) is 38.8 Å². The lowest BCUT2D eigenvalue weighted by Gasteiger charge is -2.29. The van der Waals surface area contributed by atoms with Crippen molar-refractivity contribution in [2.24, 2.45) is 17.6 Å². The molecule has 1 aromatic heterocycles. The highest BCUT2D eigenvalue weighted by Gasteiger charge is 2.43. The molecule has 0 radical (unpaired) electrons. The van der Waals surface area contributed by atoms with Crippen LogP contribution in [0.25, 0.3) is 0 Å². The molecule has 2 rings (SSSR count). The van der Waals surface area contributed by atoms with Crippen LogP contribution in [-0.4, -0.2) is 52.6 Å². The van der Waals surface area contributed by atoms with Crippen molar-refractivity contribution in [3.63, 3.8) is 0 Å². The summed E-state index contributed by atoms with van der Waals surface area (Å²) in [5, 5.41) is 20.1. The molecule has 0 amide bonds. The molecule has 1 heterocycles. The first-order valence-electron chi connectivity index (χ1n) is 9.18. The first kappa shape index (κ1) is 20.6. The number of carboxylic acids is 1. The second-order valence-corrected chi connectivity index (χ2v) is 7.51. The second kappa shape index (κ2) is 9.30. The number of hydrogen-bond donors (Lipinski definition) is 3. The Labute approximate surface area is 154 Å². The maximum absolute atomic E-state index is 11.7. The molecule has 0 spiro atoms. The minimum atomic E-state index is -2.16. The zero-order valence-corrected chi connectivity index (χ0v) is 15.6. The van der Waals surface area contributed by atoms with Crippen molar-refractivity contribution >= 4 is 5.97 Å². The van der Waals surface area contributed by atoms with Crippen LogP contribution >= 0.6 is 0 Å². The number of ether oxygens (including phenoxy) is 2. The molecule has 0 saturated heterocycles. The predicted molar refractivity (Wildman–Crippen MR) is 97.0 cm³/mol. The van der Waals surface area contributed by atoms with E-state index in [4.69, 9.17) is 15.2 Å². The van der Waals surface area contributed by atoms with Gasteiger partial charge in [0.25, 0.3) is 0 Å². The highest BCUT2D eigenvalue weighted by atomic mass is 16.5. The Kier molecular flexibility index (Phi) is 7.37. The van der Waals surface area contributed by atoms with Crippen LogP contribution in [0.3, 0.4) is 0 Å². The van der Waals surface area contributed by atoms with E-state index in [0.29, 0.717) is 30.6 Å². The van der Waals surface area contributed by atoms with E-state index in [1.165, 1.54) is 12.8 Å². The van der Waals surface area contributed by atoms with Crippen molar-refractivity contribution in [3.8, 4) is 5.75 Å². The fourth-order valence-electron chi connectivity index (χ4n) is 2.60. The van der Waals surface area contributed by atoms with E-state index in [2.05, 4.69) is 4.98 Å². The van der Waals surface area contributed by atoms with Gasteiger partial charge in [-0.3, -0.25) is 4.98 Å². The second-order valence-electron chi connectivity index (χ2n) is 7.51. The van der Waals surface area contributed by atoms with Gasteiger partial charge in [0.15, 0.2) is 5.60 Å². The van der Waals surface area contributed by atoms with Crippen LogP contribution < -0.4 is 10.5 Å². The van der Waals surface area contributed by atoms with Gasteiger partial charge >= 0.3 is 5.97 Å². The van der Waals surface area contributed by atoms with Crippen LogP contribution in [-0.2, 0) is 16.0 Å². The summed E-state index contributed by atoms with van der Waals surface area (Å²) in [6.07, 6.45) is 4.90. The Hall–Kier alpha value is -1.70. The van der Waals surface area contributed by atoms with E-state index in [9.17, 15) is 15.0 Å². The van der Waals surface area contributed by atoms with Gasteiger partial charge in [0, 0.05) is 31.0 Å². The molecule has 146 valence electrons.